The maximum absolute atomic E-state index is 11.0. The Labute approximate surface area is 107 Å². The molecule has 5 heteroatoms. The molecule has 0 fully saturated rings. The molecule has 0 spiro atoms. The van der Waals surface area contributed by atoms with Gasteiger partial charge in [-0.15, -0.1) is 0 Å². The number of rotatable bonds is 7. The Hall–Kier alpha value is -1.62. The Kier molecular flexibility index (Phi) is 5.58. The van der Waals surface area contributed by atoms with Gasteiger partial charge in [-0.1, -0.05) is 19.9 Å². The molecule has 0 radical (unpaired) electrons. The Morgan fingerprint density at radius 1 is 1.50 bits per heavy atom. The number of aliphatic carboxylic acids is 1. The topological polar surface area (TPSA) is 71.5 Å². The number of ether oxygens (including phenoxy) is 1. The summed E-state index contributed by atoms with van der Waals surface area (Å²) in [5.41, 5.74) is 0.771. The predicted octanol–water partition coefficient (Wildman–Crippen LogP) is 1.68. The summed E-state index contributed by atoms with van der Waals surface area (Å²) in [7, 11) is 0. The molecule has 100 valence electrons. The molecule has 0 unspecified atom stereocenters. The highest BCUT2D eigenvalue weighted by atomic mass is 16.5. The van der Waals surface area contributed by atoms with E-state index in [9.17, 15) is 4.79 Å². The van der Waals surface area contributed by atoms with Crippen molar-refractivity contribution >= 4 is 5.97 Å². The highest BCUT2D eigenvalue weighted by Gasteiger charge is 2.20. The molecule has 0 aromatic carbocycles. The minimum atomic E-state index is -0.842. The van der Waals surface area contributed by atoms with E-state index in [-0.39, 0.29) is 5.92 Å². The monoisotopic (exact) mass is 252 g/mol. The third-order valence-electron chi connectivity index (χ3n) is 2.51. The van der Waals surface area contributed by atoms with Crippen molar-refractivity contribution in [1.82, 2.24) is 10.3 Å². The van der Waals surface area contributed by atoms with Gasteiger partial charge in [0.2, 0.25) is 5.88 Å². The van der Waals surface area contributed by atoms with Gasteiger partial charge in [-0.05, 0) is 18.9 Å². The number of pyridine rings is 1. The van der Waals surface area contributed by atoms with E-state index in [0.29, 0.717) is 19.0 Å². The van der Waals surface area contributed by atoms with Gasteiger partial charge >= 0.3 is 5.97 Å². The van der Waals surface area contributed by atoms with Gasteiger partial charge in [0.1, 0.15) is 6.04 Å². The number of hydrogen-bond acceptors (Lipinski definition) is 4. The third kappa shape index (κ3) is 4.33. The van der Waals surface area contributed by atoms with E-state index in [2.05, 4.69) is 10.3 Å². The van der Waals surface area contributed by atoms with E-state index in [0.717, 1.165) is 5.69 Å². The van der Waals surface area contributed by atoms with E-state index in [1.807, 2.05) is 32.9 Å². The largest absolute Gasteiger partial charge is 0.480 e. The fraction of sp³-hybridized carbons (Fsp3) is 0.538. The van der Waals surface area contributed by atoms with Crippen molar-refractivity contribution in [2.24, 2.45) is 5.92 Å². The Bertz CT molecular complexity index is 394. The van der Waals surface area contributed by atoms with Crippen LogP contribution in [0.25, 0.3) is 0 Å². The molecule has 0 saturated heterocycles. The number of nitrogens with zero attached hydrogens (tertiary/aromatic N) is 1. The summed E-state index contributed by atoms with van der Waals surface area (Å²) in [6, 6.07) is 4.90. The number of hydrogen-bond donors (Lipinski definition) is 2. The maximum atomic E-state index is 11.0. The van der Waals surface area contributed by atoms with E-state index in [4.69, 9.17) is 9.84 Å². The lowest BCUT2D eigenvalue weighted by Crippen LogP contribution is -2.40. The highest BCUT2D eigenvalue weighted by Crippen LogP contribution is 2.08. The number of carboxylic acids is 1. The zero-order chi connectivity index (χ0) is 13.5. The van der Waals surface area contributed by atoms with E-state index in [1.165, 1.54) is 0 Å². The van der Waals surface area contributed by atoms with Crippen molar-refractivity contribution < 1.29 is 14.6 Å². The second kappa shape index (κ2) is 6.96. The molecule has 18 heavy (non-hydrogen) atoms. The van der Waals surface area contributed by atoms with E-state index in [1.54, 1.807) is 6.07 Å². The van der Waals surface area contributed by atoms with Crippen molar-refractivity contribution in [2.45, 2.75) is 33.4 Å². The molecule has 0 saturated carbocycles. The van der Waals surface area contributed by atoms with Gasteiger partial charge in [0.15, 0.2) is 0 Å². The molecule has 0 aliphatic heterocycles. The maximum Gasteiger partial charge on any atom is 0.320 e. The standard InChI is InChI=1S/C13H20N2O3/c1-4-18-11-7-5-6-10(15-11)8-14-12(9(2)3)13(16)17/h5-7,9,12,14H,4,8H2,1-3H3,(H,16,17)/t12-/m0/s1. The van der Waals surface area contributed by atoms with Crippen LogP contribution in [0.5, 0.6) is 5.88 Å². The van der Waals surface area contributed by atoms with Crippen LogP contribution in [0.4, 0.5) is 0 Å². The molecule has 0 aliphatic carbocycles. The zero-order valence-electron chi connectivity index (χ0n) is 11.0. The van der Waals surface area contributed by atoms with Crippen molar-refractivity contribution in [3.63, 3.8) is 0 Å². The Balaban J connectivity index is 2.61. The molecular weight excluding hydrogens is 232 g/mol. The first-order valence-electron chi connectivity index (χ1n) is 6.09. The Morgan fingerprint density at radius 3 is 2.78 bits per heavy atom. The van der Waals surface area contributed by atoms with E-state index < -0.39 is 12.0 Å². The molecule has 2 N–H and O–H groups in total. The van der Waals surface area contributed by atoms with Gasteiger partial charge < -0.3 is 9.84 Å². The second-order valence-electron chi connectivity index (χ2n) is 4.34. The average Bonchev–Trinajstić information content (AvgIpc) is 2.29. The van der Waals surface area contributed by atoms with Crippen LogP contribution in [0.15, 0.2) is 18.2 Å². The zero-order valence-corrected chi connectivity index (χ0v) is 11.0. The van der Waals surface area contributed by atoms with Crippen LogP contribution in [0.2, 0.25) is 0 Å². The molecule has 1 heterocycles. The first-order chi connectivity index (χ1) is 8.54. The summed E-state index contributed by atoms with van der Waals surface area (Å²) in [6.45, 7) is 6.61. The second-order valence-corrected chi connectivity index (χ2v) is 4.34. The Morgan fingerprint density at radius 2 is 2.22 bits per heavy atom. The first kappa shape index (κ1) is 14.4. The molecule has 1 atom stereocenters. The minimum absolute atomic E-state index is 0.0255. The van der Waals surface area contributed by atoms with Crippen LogP contribution in [0, 0.1) is 5.92 Å². The lowest BCUT2D eigenvalue weighted by molar-refractivity contribution is -0.140. The molecule has 5 nitrogen and oxygen atoms in total. The van der Waals surface area contributed by atoms with Crippen LogP contribution >= 0.6 is 0 Å². The fourth-order valence-electron chi connectivity index (χ4n) is 1.61. The van der Waals surface area contributed by atoms with Crippen LogP contribution in [-0.2, 0) is 11.3 Å². The number of nitrogens with one attached hydrogen (secondary N) is 1. The molecule has 1 aromatic rings. The summed E-state index contributed by atoms with van der Waals surface area (Å²) in [5.74, 6) is -0.253. The van der Waals surface area contributed by atoms with Crippen LogP contribution in [0.1, 0.15) is 26.5 Å². The average molecular weight is 252 g/mol. The summed E-state index contributed by atoms with van der Waals surface area (Å²) in [6.07, 6.45) is 0. The number of aromatic nitrogens is 1. The normalized spacial score (nSPS) is 12.4. The van der Waals surface area contributed by atoms with Crippen LogP contribution < -0.4 is 10.1 Å². The third-order valence-corrected chi connectivity index (χ3v) is 2.51. The fourth-order valence-corrected chi connectivity index (χ4v) is 1.61. The quantitative estimate of drug-likeness (QED) is 0.772. The molecular formula is C13H20N2O3. The molecule has 0 bridgehead atoms. The lowest BCUT2D eigenvalue weighted by atomic mass is 10.0. The highest BCUT2D eigenvalue weighted by molar-refractivity contribution is 5.73. The number of carbonyl (C=O) groups is 1. The lowest BCUT2D eigenvalue weighted by Gasteiger charge is -2.17. The summed E-state index contributed by atoms with van der Waals surface area (Å²) < 4.78 is 5.29. The smallest absolute Gasteiger partial charge is 0.320 e. The molecule has 1 aromatic heterocycles. The van der Waals surface area contributed by atoms with Gasteiger partial charge in [-0.2, -0.15) is 0 Å². The van der Waals surface area contributed by atoms with Gasteiger partial charge in [0.05, 0.1) is 12.3 Å². The minimum Gasteiger partial charge on any atom is -0.480 e. The SMILES string of the molecule is CCOc1cccc(CN[C@H](C(=O)O)C(C)C)n1. The molecule has 0 amide bonds. The van der Waals surface area contributed by atoms with Crippen molar-refractivity contribution in [3.05, 3.63) is 23.9 Å². The van der Waals surface area contributed by atoms with Gasteiger partial charge in [0.25, 0.3) is 0 Å². The van der Waals surface area contributed by atoms with Crippen molar-refractivity contribution in [3.8, 4) is 5.88 Å². The summed E-state index contributed by atoms with van der Waals surface area (Å²) in [5, 5.41) is 12.0. The predicted molar refractivity (Wildman–Crippen MR) is 68.5 cm³/mol. The van der Waals surface area contributed by atoms with Crippen molar-refractivity contribution in [2.75, 3.05) is 6.61 Å². The first-order valence-corrected chi connectivity index (χ1v) is 6.09. The van der Waals surface area contributed by atoms with Crippen LogP contribution in [0.3, 0.4) is 0 Å². The number of carboxylic acid groups (broad SMARTS) is 1. The van der Waals surface area contributed by atoms with Gasteiger partial charge in [-0.25, -0.2) is 4.98 Å². The van der Waals surface area contributed by atoms with Crippen molar-refractivity contribution in [1.29, 1.82) is 0 Å². The van der Waals surface area contributed by atoms with E-state index >= 15 is 0 Å². The molecule has 0 aliphatic rings. The summed E-state index contributed by atoms with van der Waals surface area (Å²) >= 11 is 0. The van der Waals surface area contributed by atoms with Gasteiger partial charge in [0, 0.05) is 12.6 Å². The summed E-state index contributed by atoms with van der Waals surface area (Å²) in [4.78, 5) is 15.3. The van der Waals surface area contributed by atoms with Gasteiger partial charge in [-0.3, -0.25) is 10.1 Å². The van der Waals surface area contributed by atoms with Crippen LogP contribution in [-0.4, -0.2) is 28.7 Å². The molecule has 1 rings (SSSR count).